The molecular formula is C23H22ClNO4S2. The number of methoxy groups -OCH3 is 1. The van der Waals surface area contributed by atoms with Gasteiger partial charge in [-0.1, -0.05) is 17.7 Å². The molecule has 31 heavy (non-hydrogen) atoms. The number of hydrogen-bond acceptors (Lipinski definition) is 6. The fourth-order valence-electron chi connectivity index (χ4n) is 3.59. The van der Waals surface area contributed by atoms with Crippen LogP contribution in [0, 0.1) is 6.92 Å². The highest BCUT2D eigenvalue weighted by Crippen LogP contribution is 2.39. The van der Waals surface area contributed by atoms with Crippen molar-refractivity contribution in [2.24, 2.45) is 0 Å². The number of rotatable bonds is 6. The van der Waals surface area contributed by atoms with E-state index in [-0.39, 0.29) is 5.91 Å². The summed E-state index contributed by atoms with van der Waals surface area (Å²) in [4.78, 5) is 27.0. The zero-order valence-corrected chi connectivity index (χ0v) is 19.6. The van der Waals surface area contributed by atoms with Gasteiger partial charge in [-0.25, -0.2) is 4.79 Å². The van der Waals surface area contributed by atoms with Crippen LogP contribution in [0.2, 0.25) is 5.02 Å². The molecule has 3 aromatic rings. The number of anilines is 1. The number of fused-ring (bicyclic) bond motifs is 1. The minimum Gasteiger partial charge on any atom is -0.487 e. The minimum absolute atomic E-state index is 0.242. The van der Waals surface area contributed by atoms with Crippen LogP contribution in [-0.2, 0) is 24.2 Å². The Hall–Kier alpha value is -2.35. The molecule has 0 spiro atoms. The lowest BCUT2D eigenvalue weighted by molar-refractivity contribution is 0.0601. The maximum absolute atomic E-state index is 12.9. The van der Waals surface area contributed by atoms with Crippen molar-refractivity contribution >= 4 is 51.2 Å². The Labute approximate surface area is 194 Å². The Morgan fingerprint density at radius 3 is 2.81 bits per heavy atom. The molecule has 0 radical (unpaired) electrons. The van der Waals surface area contributed by atoms with Gasteiger partial charge in [-0.05, 0) is 67.3 Å². The van der Waals surface area contributed by atoms with E-state index in [1.807, 2.05) is 24.4 Å². The maximum Gasteiger partial charge on any atom is 0.341 e. The molecular weight excluding hydrogens is 454 g/mol. The molecule has 1 aliphatic rings. The number of amides is 1. The van der Waals surface area contributed by atoms with Crippen molar-refractivity contribution in [2.45, 2.75) is 39.2 Å². The van der Waals surface area contributed by atoms with Crippen molar-refractivity contribution in [1.29, 1.82) is 0 Å². The van der Waals surface area contributed by atoms with Gasteiger partial charge in [0.2, 0.25) is 0 Å². The second-order valence-electron chi connectivity index (χ2n) is 7.40. The van der Waals surface area contributed by atoms with Gasteiger partial charge in [-0.3, -0.25) is 4.79 Å². The van der Waals surface area contributed by atoms with Gasteiger partial charge in [-0.15, -0.1) is 22.7 Å². The van der Waals surface area contributed by atoms with Gasteiger partial charge in [-0.2, -0.15) is 0 Å². The summed E-state index contributed by atoms with van der Waals surface area (Å²) >= 11 is 9.00. The number of ether oxygens (including phenoxy) is 2. The molecule has 0 atom stereocenters. The molecule has 2 aromatic heterocycles. The van der Waals surface area contributed by atoms with E-state index in [0.29, 0.717) is 32.8 Å². The van der Waals surface area contributed by atoms with Crippen molar-refractivity contribution in [1.82, 2.24) is 0 Å². The molecule has 162 valence electrons. The lowest BCUT2D eigenvalue weighted by atomic mass is 9.95. The van der Waals surface area contributed by atoms with E-state index in [1.165, 1.54) is 29.8 Å². The zero-order chi connectivity index (χ0) is 22.0. The van der Waals surface area contributed by atoms with Gasteiger partial charge in [0.15, 0.2) is 0 Å². The van der Waals surface area contributed by atoms with E-state index >= 15 is 0 Å². The van der Waals surface area contributed by atoms with Crippen LogP contribution in [0.3, 0.4) is 0 Å². The normalized spacial score (nSPS) is 12.9. The molecule has 5 nitrogen and oxygen atoms in total. The van der Waals surface area contributed by atoms with Crippen molar-refractivity contribution in [2.75, 3.05) is 12.4 Å². The van der Waals surface area contributed by atoms with Crippen LogP contribution in [0.5, 0.6) is 5.75 Å². The van der Waals surface area contributed by atoms with Crippen LogP contribution in [0.1, 0.15) is 54.4 Å². The summed E-state index contributed by atoms with van der Waals surface area (Å²) in [7, 11) is 1.37. The molecule has 8 heteroatoms. The third-order valence-electron chi connectivity index (χ3n) is 5.15. The number of aryl methyl sites for hydroxylation is 2. The first-order valence-electron chi connectivity index (χ1n) is 9.97. The van der Waals surface area contributed by atoms with Crippen molar-refractivity contribution in [3.63, 3.8) is 0 Å². The number of nitrogens with one attached hydrogen (secondary N) is 1. The highest BCUT2D eigenvalue weighted by atomic mass is 35.5. The number of carbonyl (C=O) groups is 2. The van der Waals surface area contributed by atoms with Gasteiger partial charge in [0, 0.05) is 10.4 Å². The second-order valence-corrected chi connectivity index (χ2v) is 9.83. The number of carbonyl (C=O) groups excluding carboxylic acids is 2. The van der Waals surface area contributed by atoms with Gasteiger partial charge >= 0.3 is 5.97 Å². The Balaban J connectivity index is 1.48. The van der Waals surface area contributed by atoms with Gasteiger partial charge in [0.25, 0.3) is 5.91 Å². The summed E-state index contributed by atoms with van der Waals surface area (Å²) in [6, 6.07) is 7.41. The number of hydrogen-bond donors (Lipinski definition) is 1. The number of benzene rings is 1. The Bertz CT molecular complexity index is 1130. The quantitative estimate of drug-likeness (QED) is 0.427. The molecule has 1 aromatic carbocycles. The zero-order valence-electron chi connectivity index (χ0n) is 17.2. The van der Waals surface area contributed by atoms with E-state index in [0.717, 1.165) is 47.3 Å². The number of thiophene rings is 2. The Morgan fingerprint density at radius 2 is 2.00 bits per heavy atom. The molecule has 0 aliphatic heterocycles. The summed E-state index contributed by atoms with van der Waals surface area (Å²) in [5.74, 6) is -0.0238. The maximum atomic E-state index is 12.9. The van der Waals surface area contributed by atoms with Crippen molar-refractivity contribution in [3.05, 3.63) is 66.7 Å². The van der Waals surface area contributed by atoms with Crippen LogP contribution >= 0.6 is 34.3 Å². The largest absolute Gasteiger partial charge is 0.487 e. The molecule has 0 unspecified atom stereocenters. The summed E-state index contributed by atoms with van der Waals surface area (Å²) in [5.41, 5.74) is 3.47. The predicted molar refractivity (Wildman–Crippen MR) is 125 cm³/mol. The van der Waals surface area contributed by atoms with Gasteiger partial charge in [0.1, 0.15) is 17.4 Å². The Morgan fingerprint density at radius 1 is 1.19 bits per heavy atom. The van der Waals surface area contributed by atoms with Crippen LogP contribution in [0.4, 0.5) is 5.00 Å². The topological polar surface area (TPSA) is 64.6 Å². The first-order chi connectivity index (χ1) is 15.0. The molecule has 0 bridgehead atoms. The van der Waals surface area contributed by atoms with Crippen LogP contribution in [-0.4, -0.2) is 19.0 Å². The fraction of sp³-hybridized carbons (Fsp3) is 0.304. The highest BCUT2D eigenvalue weighted by Gasteiger charge is 2.27. The van der Waals surface area contributed by atoms with Gasteiger partial charge < -0.3 is 14.8 Å². The Kier molecular flexibility index (Phi) is 6.65. The number of esters is 1. The SMILES string of the molecule is COC(=O)c1c(NC(=O)c2cc(COc3cc(C)ccc3Cl)cs2)sc2c1CCCC2. The fourth-order valence-corrected chi connectivity index (χ4v) is 5.83. The summed E-state index contributed by atoms with van der Waals surface area (Å²) in [5, 5.41) is 5.94. The monoisotopic (exact) mass is 475 g/mol. The average molecular weight is 476 g/mol. The predicted octanol–water partition coefficient (Wildman–Crippen LogP) is 6.27. The third kappa shape index (κ3) is 4.79. The van der Waals surface area contributed by atoms with Crippen LogP contribution in [0.25, 0.3) is 0 Å². The van der Waals surface area contributed by atoms with Crippen molar-refractivity contribution in [3.8, 4) is 5.75 Å². The number of halogens is 1. The summed E-state index contributed by atoms with van der Waals surface area (Å²) < 4.78 is 10.8. The molecule has 2 heterocycles. The highest BCUT2D eigenvalue weighted by molar-refractivity contribution is 7.17. The summed E-state index contributed by atoms with van der Waals surface area (Å²) in [6.07, 6.45) is 3.91. The first-order valence-corrected chi connectivity index (χ1v) is 12.0. The van der Waals surface area contributed by atoms with Crippen molar-refractivity contribution < 1.29 is 19.1 Å². The minimum atomic E-state index is -0.398. The molecule has 1 amide bonds. The molecule has 0 fully saturated rings. The molecule has 1 N–H and O–H groups in total. The third-order valence-corrected chi connectivity index (χ3v) is 7.64. The lowest BCUT2D eigenvalue weighted by Crippen LogP contribution is -2.14. The van der Waals surface area contributed by atoms with E-state index in [2.05, 4.69) is 5.32 Å². The van der Waals surface area contributed by atoms with E-state index in [1.54, 1.807) is 12.1 Å². The lowest BCUT2D eigenvalue weighted by Gasteiger charge is -2.11. The molecule has 0 saturated carbocycles. The smallest absolute Gasteiger partial charge is 0.341 e. The molecule has 4 rings (SSSR count). The summed E-state index contributed by atoms with van der Waals surface area (Å²) in [6.45, 7) is 2.29. The average Bonchev–Trinajstić information content (AvgIpc) is 3.38. The first kappa shape index (κ1) is 21.9. The second kappa shape index (κ2) is 9.42. The standard InChI is InChI=1S/C23H22ClNO4S2/c1-13-7-8-16(24)17(9-13)29-11-14-10-19(30-12-14)21(26)25-22-20(23(27)28-2)15-5-3-4-6-18(15)31-22/h7-10,12H,3-6,11H2,1-2H3,(H,25,26). The van der Waals surface area contributed by atoms with E-state index in [4.69, 9.17) is 21.1 Å². The van der Waals surface area contributed by atoms with E-state index in [9.17, 15) is 9.59 Å². The van der Waals surface area contributed by atoms with Gasteiger partial charge in [0.05, 0.1) is 22.6 Å². The molecule has 0 saturated heterocycles. The van der Waals surface area contributed by atoms with Crippen LogP contribution in [0.15, 0.2) is 29.6 Å². The van der Waals surface area contributed by atoms with E-state index < -0.39 is 5.97 Å². The molecule has 1 aliphatic carbocycles. The van der Waals surface area contributed by atoms with Crippen LogP contribution < -0.4 is 10.1 Å².